The highest BCUT2D eigenvalue weighted by atomic mass is 35.5. The number of carbonyl (C=O) groups is 2. The Hall–Kier alpha value is -3.00. The lowest BCUT2D eigenvalue weighted by atomic mass is 10.2. The van der Waals surface area contributed by atoms with Crippen molar-refractivity contribution >= 4 is 35.2 Å². The zero-order valence-electron chi connectivity index (χ0n) is 17.2. The first kappa shape index (κ1) is 22.3. The van der Waals surface area contributed by atoms with Crippen LogP contribution in [0.3, 0.4) is 0 Å². The number of anilines is 1. The molecule has 156 valence electrons. The van der Waals surface area contributed by atoms with Gasteiger partial charge in [0, 0.05) is 13.1 Å². The minimum absolute atomic E-state index is 0.342. The van der Waals surface area contributed by atoms with Crippen molar-refractivity contribution in [1.82, 2.24) is 9.78 Å². The van der Waals surface area contributed by atoms with Crippen LogP contribution in [0, 0.1) is 13.8 Å². The Bertz CT molecular complexity index is 952. The van der Waals surface area contributed by atoms with E-state index in [1.54, 1.807) is 30.8 Å². The molecule has 1 amide bonds. The van der Waals surface area contributed by atoms with Crippen LogP contribution >= 0.6 is 11.6 Å². The van der Waals surface area contributed by atoms with Gasteiger partial charge in [-0.25, -0.2) is 4.79 Å². The van der Waals surface area contributed by atoms with Crippen molar-refractivity contribution in [3.05, 3.63) is 40.2 Å². The van der Waals surface area contributed by atoms with E-state index in [1.807, 2.05) is 6.92 Å². The second-order valence-electron chi connectivity index (χ2n) is 6.31. The smallest absolute Gasteiger partial charge is 0.331 e. The molecule has 0 bridgehead atoms. The molecule has 0 aliphatic rings. The van der Waals surface area contributed by atoms with E-state index in [9.17, 15) is 9.59 Å². The molecule has 29 heavy (non-hydrogen) atoms. The molecule has 0 radical (unpaired) electrons. The highest BCUT2D eigenvalue weighted by Gasteiger charge is 2.20. The van der Waals surface area contributed by atoms with Crippen molar-refractivity contribution in [2.45, 2.75) is 26.9 Å². The van der Waals surface area contributed by atoms with Crippen LogP contribution in [0.2, 0.25) is 5.02 Å². The molecule has 1 heterocycles. The maximum atomic E-state index is 12.3. The second-order valence-corrected chi connectivity index (χ2v) is 6.72. The SMILES string of the molecule is COc1cc(/C=C/C(=O)O[C@@H](C)C(=O)Nc2c(C)nn(C)c2C)cc(Cl)c1OC. The zero-order valence-corrected chi connectivity index (χ0v) is 18.0. The monoisotopic (exact) mass is 421 g/mol. The zero-order chi connectivity index (χ0) is 21.7. The Labute approximate surface area is 174 Å². The van der Waals surface area contributed by atoms with Gasteiger partial charge in [-0.1, -0.05) is 11.6 Å². The number of hydrogen-bond acceptors (Lipinski definition) is 6. The number of esters is 1. The summed E-state index contributed by atoms with van der Waals surface area (Å²) >= 11 is 6.14. The topological polar surface area (TPSA) is 91.7 Å². The average molecular weight is 422 g/mol. The van der Waals surface area contributed by atoms with Crippen LogP contribution in [-0.2, 0) is 21.4 Å². The number of carbonyl (C=O) groups excluding carboxylic acids is 2. The Kier molecular flexibility index (Phi) is 7.28. The Morgan fingerprint density at radius 3 is 2.48 bits per heavy atom. The van der Waals surface area contributed by atoms with Crippen LogP contribution in [-0.4, -0.2) is 42.0 Å². The minimum atomic E-state index is -0.986. The number of hydrogen-bond donors (Lipinski definition) is 1. The molecule has 0 fully saturated rings. The van der Waals surface area contributed by atoms with Crippen LogP contribution in [0.1, 0.15) is 23.9 Å². The van der Waals surface area contributed by atoms with Crippen molar-refractivity contribution in [2.24, 2.45) is 7.05 Å². The molecular formula is C20H24ClN3O5. The number of halogens is 1. The summed E-state index contributed by atoms with van der Waals surface area (Å²) in [6.45, 7) is 5.12. The largest absolute Gasteiger partial charge is 0.493 e. The number of aromatic nitrogens is 2. The summed E-state index contributed by atoms with van der Waals surface area (Å²) in [6.07, 6.45) is 1.73. The van der Waals surface area contributed by atoms with Crippen LogP contribution in [0.5, 0.6) is 11.5 Å². The number of amides is 1. The van der Waals surface area contributed by atoms with Gasteiger partial charge >= 0.3 is 5.97 Å². The lowest BCUT2D eigenvalue weighted by Crippen LogP contribution is -2.29. The number of rotatable bonds is 7. The van der Waals surface area contributed by atoms with Crippen molar-refractivity contribution in [2.75, 3.05) is 19.5 Å². The normalized spacial score (nSPS) is 12.0. The first-order valence-corrected chi connectivity index (χ1v) is 9.17. The first-order valence-electron chi connectivity index (χ1n) is 8.79. The number of methoxy groups -OCH3 is 2. The van der Waals surface area contributed by atoms with Gasteiger partial charge in [0.1, 0.15) is 0 Å². The molecule has 0 spiro atoms. The van der Waals surface area contributed by atoms with E-state index in [0.29, 0.717) is 33.5 Å². The molecule has 2 aromatic rings. The van der Waals surface area contributed by atoms with Crippen LogP contribution in [0.15, 0.2) is 18.2 Å². The van der Waals surface area contributed by atoms with Gasteiger partial charge < -0.3 is 19.5 Å². The van der Waals surface area contributed by atoms with Gasteiger partial charge in [0.25, 0.3) is 5.91 Å². The number of nitrogens with one attached hydrogen (secondary N) is 1. The fourth-order valence-electron chi connectivity index (χ4n) is 2.64. The number of ether oxygens (including phenoxy) is 3. The van der Waals surface area contributed by atoms with Crippen molar-refractivity contribution < 1.29 is 23.8 Å². The third-order valence-electron chi connectivity index (χ3n) is 4.29. The molecule has 1 aromatic carbocycles. The van der Waals surface area contributed by atoms with E-state index < -0.39 is 18.0 Å². The summed E-state index contributed by atoms with van der Waals surface area (Å²) in [5, 5.41) is 7.32. The number of aryl methyl sites for hydroxylation is 2. The maximum Gasteiger partial charge on any atom is 0.331 e. The quantitative estimate of drug-likeness (QED) is 0.544. The van der Waals surface area contributed by atoms with E-state index in [1.165, 1.54) is 33.3 Å². The van der Waals surface area contributed by atoms with Crippen molar-refractivity contribution in [3.8, 4) is 11.5 Å². The fraction of sp³-hybridized carbons (Fsp3) is 0.350. The average Bonchev–Trinajstić information content (AvgIpc) is 2.91. The van der Waals surface area contributed by atoms with Crippen molar-refractivity contribution in [1.29, 1.82) is 0 Å². The molecule has 1 N–H and O–H groups in total. The molecule has 0 saturated carbocycles. The first-order chi connectivity index (χ1) is 13.7. The standard InChI is InChI=1S/C20H24ClN3O5/c1-11-18(12(2)24(4)23-11)22-20(26)13(3)29-17(25)8-7-14-9-15(21)19(28-6)16(10-14)27-5/h7-10,13H,1-6H3,(H,22,26)/b8-7+/t13-/m0/s1. The summed E-state index contributed by atoms with van der Waals surface area (Å²) < 4.78 is 17.2. The third-order valence-corrected chi connectivity index (χ3v) is 4.57. The Balaban J connectivity index is 2.02. The highest BCUT2D eigenvalue weighted by molar-refractivity contribution is 6.32. The summed E-state index contributed by atoms with van der Waals surface area (Å²) in [5.74, 6) is -0.276. The van der Waals surface area contributed by atoms with Gasteiger partial charge in [0.05, 0.1) is 36.3 Å². The van der Waals surface area contributed by atoms with Gasteiger partial charge in [-0.05, 0) is 44.5 Å². The summed E-state index contributed by atoms with van der Waals surface area (Å²) in [7, 11) is 4.76. The van der Waals surface area contributed by atoms with Gasteiger partial charge in [-0.15, -0.1) is 0 Å². The molecular weight excluding hydrogens is 398 g/mol. The lowest BCUT2D eigenvalue weighted by molar-refractivity contribution is -0.148. The van der Waals surface area contributed by atoms with Gasteiger partial charge in [-0.2, -0.15) is 5.10 Å². The lowest BCUT2D eigenvalue weighted by Gasteiger charge is -2.13. The molecule has 9 heteroatoms. The van der Waals surface area contributed by atoms with Crippen molar-refractivity contribution in [3.63, 3.8) is 0 Å². The molecule has 1 atom stereocenters. The van der Waals surface area contributed by atoms with Gasteiger partial charge in [-0.3, -0.25) is 9.48 Å². The van der Waals surface area contributed by atoms with E-state index >= 15 is 0 Å². The molecule has 0 unspecified atom stereocenters. The predicted molar refractivity (Wildman–Crippen MR) is 110 cm³/mol. The van der Waals surface area contributed by atoms with Crippen LogP contribution in [0.4, 0.5) is 5.69 Å². The van der Waals surface area contributed by atoms with E-state index in [-0.39, 0.29) is 0 Å². The highest BCUT2D eigenvalue weighted by Crippen LogP contribution is 2.36. The molecule has 8 nitrogen and oxygen atoms in total. The Morgan fingerprint density at radius 2 is 1.93 bits per heavy atom. The molecule has 1 aromatic heterocycles. The van der Waals surface area contributed by atoms with Crippen LogP contribution in [0.25, 0.3) is 6.08 Å². The summed E-state index contributed by atoms with van der Waals surface area (Å²) in [5.41, 5.74) is 2.71. The summed E-state index contributed by atoms with van der Waals surface area (Å²) in [4.78, 5) is 24.4. The van der Waals surface area contributed by atoms with E-state index in [4.69, 9.17) is 25.8 Å². The Morgan fingerprint density at radius 1 is 1.24 bits per heavy atom. The molecule has 0 aliphatic heterocycles. The predicted octanol–water partition coefficient (Wildman–Crippen LogP) is 3.29. The fourth-order valence-corrected chi connectivity index (χ4v) is 2.94. The molecule has 0 aliphatic carbocycles. The van der Waals surface area contributed by atoms with Gasteiger partial charge in [0.2, 0.25) is 0 Å². The van der Waals surface area contributed by atoms with Crippen LogP contribution < -0.4 is 14.8 Å². The summed E-state index contributed by atoms with van der Waals surface area (Å²) in [6, 6.07) is 3.29. The van der Waals surface area contributed by atoms with Gasteiger partial charge in [0.15, 0.2) is 17.6 Å². The number of benzene rings is 1. The molecule has 0 saturated heterocycles. The number of nitrogens with zero attached hydrogens (tertiary/aromatic N) is 2. The second kappa shape index (κ2) is 9.47. The molecule has 2 rings (SSSR count). The minimum Gasteiger partial charge on any atom is -0.493 e. The van der Waals surface area contributed by atoms with E-state index in [2.05, 4.69) is 10.4 Å². The third kappa shape index (κ3) is 5.29. The van der Waals surface area contributed by atoms with E-state index in [0.717, 1.165) is 5.69 Å². The maximum absolute atomic E-state index is 12.3.